The van der Waals surface area contributed by atoms with Crippen LogP contribution in [0.3, 0.4) is 0 Å². The zero-order chi connectivity index (χ0) is 21.3. The van der Waals surface area contributed by atoms with Gasteiger partial charge >= 0.3 is 0 Å². The molecule has 162 valence electrons. The van der Waals surface area contributed by atoms with Crippen molar-refractivity contribution in [3.8, 4) is 5.75 Å². The molecule has 4 aliphatic carbocycles. The predicted molar refractivity (Wildman–Crippen MR) is 122 cm³/mol. The average molecular weight is 409 g/mol. The molecule has 6 rings (SSSR count). The van der Waals surface area contributed by atoms with E-state index in [2.05, 4.69) is 36.2 Å². The van der Waals surface area contributed by atoms with E-state index in [0.717, 1.165) is 66.1 Å². The molecule has 1 aromatic rings. The number of methoxy groups -OCH3 is 1. The first-order valence-corrected chi connectivity index (χ1v) is 11.6. The van der Waals surface area contributed by atoms with Crippen LogP contribution in [0.4, 0.5) is 5.69 Å². The van der Waals surface area contributed by atoms with E-state index in [9.17, 15) is 4.79 Å². The molecule has 1 aromatic carbocycles. The summed E-state index contributed by atoms with van der Waals surface area (Å²) in [5.41, 5.74) is 4.26. The highest BCUT2D eigenvalue weighted by Gasteiger charge is 2.54. The Morgan fingerprint density at radius 1 is 1.10 bits per heavy atom. The molecule has 0 aromatic heterocycles. The van der Waals surface area contributed by atoms with E-state index in [0.29, 0.717) is 5.78 Å². The van der Waals surface area contributed by atoms with Gasteiger partial charge in [0.25, 0.3) is 0 Å². The monoisotopic (exact) mass is 408 g/mol. The highest BCUT2D eigenvalue weighted by atomic mass is 16.5. The second-order valence-electron chi connectivity index (χ2n) is 11.4. The topological polar surface area (TPSA) is 41.6 Å². The summed E-state index contributed by atoms with van der Waals surface area (Å²) in [5, 5.41) is 3.70. The second-order valence-corrected chi connectivity index (χ2v) is 11.4. The van der Waals surface area contributed by atoms with Crippen molar-refractivity contribution in [2.45, 2.75) is 64.3 Å². The lowest BCUT2D eigenvalue weighted by Gasteiger charge is -2.55. The number of anilines is 1. The third-order valence-corrected chi connectivity index (χ3v) is 8.12. The molecule has 5 aliphatic rings. The van der Waals surface area contributed by atoms with Crippen molar-refractivity contribution in [3.05, 3.63) is 29.3 Å². The van der Waals surface area contributed by atoms with Gasteiger partial charge in [-0.25, -0.2) is 0 Å². The molecule has 0 amide bonds. The van der Waals surface area contributed by atoms with E-state index in [1.807, 2.05) is 20.2 Å². The van der Waals surface area contributed by atoms with Crippen molar-refractivity contribution in [1.29, 1.82) is 0 Å². The minimum Gasteiger partial charge on any atom is -0.495 e. The molecule has 4 heteroatoms. The zero-order valence-electron chi connectivity index (χ0n) is 19.2. The van der Waals surface area contributed by atoms with Gasteiger partial charge in [-0.1, -0.05) is 0 Å². The van der Waals surface area contributed by atoms with Gasteiger partial charge in [-0.15, -0.1) is 0 Å². The van der Waals surface area contributed by atoms with E-state index in [-0.39, 0.29) is 11.0 Å². The molecule has 0 radical (unpaired) electrons. The Hall–Kier alpha value is -1.97. The van der Waals surface area contributed by atoms with E-state index in [4.69, 9.17) is 4.74 Å². The smallest absolute Gasteiger partial charge is 0.163 e. The number of carbonyl (C=O) groups is 1. The summed E-state index contributed by atoms with van der Waals surface area (Å²) in [6, 6.07) is 4.35. The van der Waals surface area contributed by atoms with Crippen LogP contribution in [0.5, 0.6) is 5.75 Å². The summed E-state index contributed by atoms with van der Waals surface area (Å²) >= 11 is 0. The highest BCUT2D eigenvalue weighted by molar-refractivity contribution is 6.01. The van der Waals surface area contributed by atoms with E-state index < -0.39 is 0 Å². The summed E-state index contributed by atoms with van der Waals surface area (Å²) in [6.45, 7) is 4.43. The van der Waals surface area contributed by atoms with Crippen molar-refractivity contribution < 1.29 is 9.53 Å². The summed E-state index contributed by atoms with van der Waals surface area (Å²) in [6.07, 6.45) is 10.3. The third-order valence-electron chi connectivity index (χ3n) is 8.12. The summed E-state index contributed by atoms with van der Waals surface area (Å²) < 4.78 is 5.67. The number of benzene rings is 1. The fourth-order valence-electron chi connectivity index (χ4n) is 7.28. The highest BCUT2D eigenvalue weighted by Crippen LogP contribution is 2.60. The SMILES string of the molecule is COc1cc2c(cc1N(C)C)C(=CC(=O)C13CC4CC(CC(C4)C1)C3)NC(C)(C)C2. The first-order chi connectivity index (χ1) is 14.2. The Bertz CT molecular complexity index is 877. The molecular formula is C26H36N2O2. The van der Waals surface area contributed by atoms with Crippen molar-refractivity contribution in [2.24, 2.45) is 23.2 Å². The first kappa shape index (κ1) is 20.0. The molecule has 4 bridgehead atoms. The molecule has 1 aliphatic heterocycles. The Morgan fingerprint density at radius 2 is 1.70 bits per heavy atom. The van der Waals surface area contributed by atoms with Gasteiger partial charge in [-0.2, -0.15) is 0 Å². The average Bonchev–Trinajstić information content (AvgIpc) is 2.64. The Balaban J connectivity index is 1.55. The van der Waals surface area contributed by atoms with Gasteiger partial charge in [0, 0.05) is 42.4 Å². The quantitative estimate of drug-likeness (QED) is 0.726. The standard InChI is InChI=1S/C26H36N2O2/c1-25(2)15-19-9-23(30-5)22(28(3)4)10-20(19)21(27-25)11-24(29)26-12-16-6-17(13-26)8-18(7-16)14-26/h9-11,16-18,27H,6-8,12-15H2,1-5H3. The van der Waals surface area contributed by atoms with Crippen LogP contribution >= 0.6 is 0 Å². The number of carbonyl (C=O) groups excluding carboxylic acids is 1. The predicted octanol–water partition coefficient (Wildman–Crippen LogP) is 4.81. The number of ketones is 1. The normalized spacial score (nSPS) is 34.4. The zero-order valence-corrected chi connectivity index (χ0v) is 19.2. The van der Waals surface area contributed by atoms with Crippen LogP contribution in [0.2, 0.25) is 0 Å². The molecule has 30 heavy (non-hydrogen) atoms. The number of nitrogens with one attached hydrogen (secondary N) is 1. The van der Waals surface area contributed by atoms with Gasteiger partial charge in [0.2, 0.25) is 0 Å². The van der Waals surface area contributed by atoms with Crippen molar-refractivity contribution in [2.75, 3.05) is 26.1 Å². The lowest BCUT2D eigenvalue weighted by Crippen LogP contribution is -2.50. The van der Waals surface area contributed by atoms with Crippen LogP contribution in [-0.4, -0.2) is 32.5 Å². The van der Waals surface area contributed by atoms with Crippen LogP contribution in [-0.2, 0) is 11.2 Å². The first-order valence-electron chi connectivity index (χ1n) is 11.6. The number of hydrogen-bond donors (Lipinski definition) is 1. The van der Waals surface area contributed by atoms with Crippen LogP contribution < -0.4 is 15.0 Å². The van der Waals surface area contributed by atoms with E-state index in [1.165, 1.54) is 24.8 Å². The van der Waals surface area contributed by atoms with Gasteiger partial charge in [-0.3, -0.25) is 4.79 Å². The molecule has 0 atom stereocenters. The lowest BCUT2D eigenvalue weighted by molar-refractivity contribution is -0.138. The number of allylic oxidation sites excluding steroid dienone is 1. The van der Waals surface area contributed by atoms with Gasteiger partial charge in [0.05, 0.1) is 12.8 Å². The maximum atomic E-state index is 13.8. The van der Waals surface area contributed by atoms with E-state index >= 15 is 0 Å². The molecule has 0 unspecified atom stereocenters. The number of nitrogens with zero attached hydrogens (tertiary/aromatic N) is 1. The molecule has 1 N–H and O–H groups in total. The number of hydrogen-bond acceptors (Lipinski definition) is 4. The van der Waals surface area contributed by atoms with Crippen molar-refractivity contribution in [3.63, 3.8) is 0 Å². The fourth-order valence-corrected chi connectivity index (χ4v) is 7.28. The molecule has 4 saturated carbocycles. The third kappa shape index (κ3) is 3.23. The molecule has 1 heterocycles. The Kier molecular flexibility index (Phi) is 4.50. The number of fused-ring (bicyclic) bond motifs is 1. The maximum absolute atomic E-state index is 13.8. The number of ether oxygens (including phenoxy) is 1. The van der Waals surface area contributed by atoms with E-state index in [1.54, 1.807) is 7.11 Å². The minimum absolute atomic E-state index is 0.0920. The maximum Gasteiger partial charge on any atom is 0.163 e. The fraction of sp³-hybridized carbons (Fsp3) is 0.654. The Morgan fingerprint density at radius 3 is 2.23 bits per heavy atom. The summed E-state index contributed by atoms with van der Waals surface area (Å²) in [7, 11) is 5.80. The van der Waals surface area contributed by atoms with Gasteiger partial charge in [0.1, 0.15) is 5.75 Å². The summed E-state index contributed by atoms with van der Waals surface area (Å²) in [4.78, 5) is 15.9. The molecule has 4 fully saturated rings. The van der Waals surface area contributed by atoms with Crippen LogP contribution in [0.1, 0.15) is 63.5 Å². The van der Waals surface area contributed by atoms with Crippen LogP contribution in [0, 0.1) is 23.2 Å². The van der Waals surface area contributed by atoms with Gasteiger partial charge in [-0.05, 0) is 94.2 Å². The largest absolute Gasteiger partial charge is 0.495 e. The molecular weight excluding hydrogens is 372 g/mol. The van der Waals surface area contributed by atoms with Crippen molar-refractivity contribution in [1.82, 2.24) is 5.32 Å². The summed E-state index contributed by atoms with van der Waals surface area (Å²) in [5.74, 6) is 3.61. The van der Waals surface area contributed by atoms with Crippen LogP contribution in [0.25, 0.3) is 5.70 Å². The van der Waals surface area contributed by atoms with Gasteiger partial charge in [0.15, 0.2) is 5.78 Å². The van der Waals surface area contributed by atoms with Gasteiger partial charge < -0.3 is 15.0 Å². The molecule has 0 saturated heterocycles. The number of rotatable bonds is 4. The lowest BCUT2D eigenvalue weighted by atomic mass is 9.48. The molecule has 0 spiro atoms. The molecule has 4 nitrogen and oxygen atoms in total. The Labute approximate surface area is 181 Å². The second kappa shape index (κ2) is 6.77. The van der Waals surface area contributed by atoms with Crippen molar-refractivity contribution >= 4 is 17.2 Å². The van der Waals surface area contributed by atoms with Crippen LogP contribution in [0.15, 0.2) is 18.2 Å². The minimum atomic E-state index is -0.0952.